The Labute approximate surface area is 112 Å². The summed E-state index contributed by atoms with van der Waals surface area (Å²) >= 11 is 0. The molecule has 0 saturated heterocycles. The van der Waals surface area contributed by atoms with Gasteiger partial charge in [0.2, 0.25) is 0 Å². The summed E-state index contributed by atoms with van der Waals surface area (Å²) in [5.74, 6) is 0. The van der Waals surface area contributed by atoms with Crippen molar-refractivity contribution in [2.24, 2.45) is 0 Å². The van der Waals surface area contributed by atoms with Gasteiger partial charge in [-0.1, -0.05) is 24.8 Å². The lowest BCUT2D eigenvalue weighted by Crippen LogP contribution is -2.46. The zero-order valence-corrected chi connectivity index (χ0v) is 11.9. The zero-order chi connectivity index (χ0) is 14.5. The number of nitrogens with zero attached hydrogens (tertiary/aromatic N) is 1. The lowest BCUT2D eigenvalue weighted by Gasteiger charge is -2.32. The Hall–Kier alpha value is -1.23. The third-order valence-electron chi connectivity index (χ3n) is 2.84. The maximum absolute atomic E-state index is 12.8. The molecule has 1 aliphatic carbocycles. The first-order valence-corrected chi connectivity index (χ1v) is 7.61. The van der Waals surface area contributed by atoms with Gasteiger partial charge in [0, 0.05) is 4.92 Å². The van der Waals surface area contributed by atoms with Gasteiger partial charge in [0.25, 0.3) is 5.54 Å². The molecule has 0 heterocycles. The van der Waals surface area contributed by atoms with E-state index >= 15 is 0 Å². The van der Waals surface area contributed by atoms with Gasteiger partial charge >= 0.3 is 7.60 Å². The molecule has 0 aliphatic heterocycles. The molecule has 0 aromatic carbocycles. The predicted octanol–water partition coefficient (Wildman–Crippen LogP) is 2.95. The molecule has 0 saturated carbocycles. The molecule has 1 aliphatic rings. The van der Waals surface area contributed by atoms with E-state index in [4.69, 9.17) is 9.05 Å². The molecule has 0 fully saturated rings. The Morgan fingerprint density at radius 2 is 2.00 bits per heavy atom. The summed E-state index contributed by atoms with van der Waals surface area (Å²) in [5.41, 5.74) is -2.69. The van der Waals surface area contributed by atoms with Crippen LogP contribution in [-0.2, 0) is 13.6 Å². The van der Waals surface area contributed by atoms with Crippen LogP contribution in [0.15, 0.2) is 37.0 Å². The van der Waals surface area contributed by atoms with Gasteiger partial charge in [-0.15, -0.1) is 0 Å². The Morgan fingerprint density at radius 1 is 1.42 bits per heavy atom. The average Bonchev–Trinajstić information content (AvgIpc) is 2.38. The molecule has 19 heavy (non-hydrogen) atoms. The first-order valence-electron chi connectivity index (χ1n) is 5.99. The van der Waals surface area contributed by atoms with Crippen LogP contribution in [0, 0.1) is 10.1 Å². The van der Waals surface area contributed by atoms with Gasteiger partial charge in [-0.05, 0) is 26.0 Å². The van der Waals surface area contributed by atoms with Gasteiger partial charge in [-0.3, -0.25) is 14.7 Å². The van der Waals surface area contributed by atoms with Crippen LogP contribution in [0.2, 0.25) is 0 Å². The van der Waals surface area contributed by atoms with E-state index in [2.05, 4.69) is 6.58 Å². The van der Waals surface area contributed by atoms with Crippen molar-refractivity contribution in [3.8, 4) is 0 Å². The van der Waals surface area contributed by atoms with Crippen molar-refractivity contribution in [1.29, 1.82) is 0 Å². The van der Waals surface area contributed by atoms with Crippen molar-refractivity contribution in [3.05, 3.63) is 47.1 Å². The first-order chi connectivity index (χ1) is 8.96. The second-order valence-electron chi connectivity index (χ2n) is 3.91. The van der Waals surface area contributed by atoms with Gasteiger partial charge in [-0.2, -0.15) is 0 Å². The highest BCUT2D eigenvalue weighted by Gasteiger charge is 2.56. The molecule has 0 bridgehead atoms. The molecular formula is C12H18NO5P. The lowest BCUT2D eigenvalue weighted by molar-refractivity contribution is -0.539. The van der Waals surface area contributed by atoms with E-state index in [1.165, 1.54) is 24.3 Å². The molecule has 2 atom stereocenters. The summed E-state index contributed by atoms with van der Waals surface area (Å²) in [6, 6.07) is 0. The maximum Gasteiger partial charge on any atom is 0.345 e. The highest BCUT2D eigenvalue weighted by atomic mass is 31.2. The second-order valence-corrected chi connectivity index (χ2v) is 6.07. The molecule has 0 N–H and O–H groups in total. The van der Waals surface area contributed by atoms with Gasteiger partial charge < -0.3 is 9.05 Å². The van der Waals surface area contributed by atoms with Crippen LogP contribution in [0.25, 0.3) is 0 Å². The standard InChI is InChI=1S/C12H18NO5P/c1-4-12(13(14)15)10-8-7-9-11(12)19(16,17-5-2)18-6-3/h4,7-11H,1,5-6H2,2-3H3. The molecule has 6 nitrogen and oxygen atoms in total. The van der Waals surface area contributed by atoms with Crippen molar-refractivity contribution < 1.29 is 18.5 Å². The number of hydrogen-bond acceptors (Lipinski definition) is 5. The summed E-state index contributed by atoms with van der Waals surface area (Å²) in [5, 5.41) is 11.4. The molecule has 106 valence electrons. The monoisotopic (exact) mass is 287 g/mol. The largest absolute Gasteiger partial charge is 0.345 e. The molecular weight excluding hydrogens is 269 g/mol. The van der Waals surface area contributed by atoms with Crippen molar-refractivity contribution in [2.45, 2.75) is 25.0 Å². The van der Waals surface area contributed by atoms with Crippen molar-refractivity contribution in [1.82, 2.24) is 0 Å². The van der Waals surface area contributed by atoms with Crippen molar-refractivity contribution in [2.75, 3.05) is 13.2 Å². The van der Waals surface area contributed by atoms with Crippen molar-refractivity contribution >= 4 is 7.60 Å². The summed E-state index contributed by atoms with van der Waals surface area (Å²) < 4.78 is 23.2. The van der Waals surface area contributed by atoms with Crippen LogP contribution in [0.1, 0.15) is 13.8 Å². The lowest BCUT2D eigenvalue weighted by atomic mass is 9.91. The van der Waals surface area contributed by atoms with Crippen LogP contribution >= 0.6 is 7.60 Å². The maximum atomic E-state index is 12.8. The molecule has 7 heteroatoms. The fourth-order valence-electron chi connectivity index (χ4n) is 1.98. The summed E-state index contributed by atoms with van der Waals surface area (Å²) in [4.78, 5) is 10.9. The normalized spacial score (nSPS) is 26.3. The van der Waals surface area contributed by atoms with Gasteiger partial charge in [0.1, 0.15) is 0 Å². The quantitative estimate of drug-likeness (QED) is 0.311. The first kappa shape index (κ1) is 15.8. The second kappa shape index (κ2) is 6.28. The third kappa shape index (κ3) is 2.86. The Bertz CT molecular complexity index is 449. The third-order valence-corrected chi connectivity index (χ3v) is 5.35. The van der Waals surface area contributed by atoms with Crippen LogP contribution in [0.5, 0.6) is 0 Å². The topological polar surface area (TPSA) is 78.7 Å². The highest BCUT2D eigenvalue weighted by Crippen LogP contribution is 2.58. The van der Waals surface area contributed by atoms with E-state index < -0.39 is 23.7 Å². The predicted molar refractivity (Wildman–Crippen MR) is 72.8 cm³/mol. The Balaban J connectivity index is 3.30. The fraction of sp³-hybridized carbons (Fsp3) is 0.500. The fourth-order valence-corrected chi connectivity index (χ4v) is 4.20. The highest BCUT2D eigenvalue weighted by molar-refractivity contribution is 7.55. The molecule has 0 radical (unpaired) electrons. The molecule has 0 amide bonds. The number of rotatable bonds is 7. The summed E-state index contributed by atoms with van der Waals surface area (Å²) in [6.45, 7) is 7.13. The van der Waals surface area contributed by atoms with Crippen molar-refractivity contribution in [3.63, 3.8) is 0 Å². The van der Waals surface area contributed by atoms with E-state index in [9.17, 15) is 14.7 Å². The molecule has 1 rings (SSSR count). The Morgan fingerprint density at radius 3 is 2.42 bits per heavy atom. The number of nitro groups is 1. The minimum absolute atomic E-state index is 0.149. The Kier molecular flexibility index (Phi) is 5.23. The molecule has 2 unspecified atom stereocenters. The van der Waals surface area contributed by atoms with E-state index in [-0.39, 0.29) is 13.2 Å². The zero-order valence-electron chi connectivity index (χ0n) is 11.0. The summed E-state index contributed by atoms with van der Waals surface area (Å²) in [7, 11) is -3.64. The smallest absolute Gasteiger partial charge is 0.308 e. The number of allylic oxidation sites excluding steroid dienone is 2. The van der Waals surface area contributed by atoms with Crippen LogP contribution < -0.4 is 0 Å². The van der Waals surface area contributed by atoms with Crippen LogP contribution in [-0.4, -0.2) is 29.3 Å². The van der Waals surface area contributed by atoms with Gasteiger partial charge in [0.15, 0.2) is 5.66 Å². The summed E-state index contributed by atoms with van der Waals surface area (Å²) in [6.07, 6.45) is 7.14. The van der Waals surface area contributed by atoms with Gasteiger partial charge in [-0.25, -0.2) is 0 Å². The van der Waals surface area contributed by atoms with E-state index in [1.807, 2.05) is 0 Å². The minimum Gasteiger partial charge on any atom is -0.308 e. The van der Waals surface area contributed by atoms with Crippen LogP contribution in [0.4, 0.5) is 0 Å². The number of hydrogen-bond donors (Lipinski definition) is 0. The molecule has 0 aromatic heterocycles. The minimum atomic E-state index is -3.64. The van der Waals surface area contributed by atoms with E-state index in [0.717, 1.165) is 0 Å². The molecule has 0 aromatic rings. The SMILES string of the molecule is C=CC1([N+](=O)[O-])C=CC=CC1P(=O)(OCC)OCC. The average molecular weight is 287 g/mol. The van der Waals surface area contributed by atoms with E-state index in [1.54, 1.807) is 19.9 Å². The van der Waals surface area contributed by atoms with Gasteiger partial charge in [0.05, 0.1) is 13.2 Å². The molecule has 0 spiro atoms. The van der Waals surface area contributed by atoms with Crippen LogP contribution in [0.3, 0.4) is 0 Å². The van der Waals surface area contributed by atoms with E-state index in [0.29, 0.717) is 0 Å².